The molecule has 4 unspecified atom stereocenters. The number of aliphatic hydroxyl groups is 1. The quantitative estimate of drug-likeness (QED) is 0.267. The zero-order valence-electron chi connectivity index (χ0n) is 17.3. The first-order valence-corrected chi connectivity index (χ1v) is 10.4. The molecule has 31 heavy (non-hydrogen) atoms. The zero-order chi connectivity index (χ0) is 21.1. The molecule has 1 saturated carbocycles. The van der Waals surface area contributed by atoms with Gasteiger partial charge in [-0.1, -0.05) is 36.4 Å². The van der Waals surface area contributed by atoms with Crippen LogP contribution >= 0.6 is 24.0 Å². The number of aliphatic imine (C=N–C) groups is 1. The number of benzene rings is 2. The molecule has 0 heterocycles. The van der Waals surface area contributed by atoms with E-state index < -0.39 is 12.7 Å². The Kier molecular flexibility index (Phi) is 8.10. The summed E-state index contributed by atoms with van der Waals surface area (Å²) in [6.45, 7) is 0.883. The lowest BCUT2D eigenvalue weighted by Gasteiger charge is -2.15. The van der Waals surface area contributed by atoms with Crippen LogP contribution in [0.5, 0.6) is 5.75 Å². The molecular weight excluding hydrogens is 515 g/mol. The molecular formula is C23H28F2IN3O2. The van der Waals surface area contributed by atoms with Gasteiger partial charge in [0, 0.05) is 13.1 Å². The van der Waals surface area contributed by atoms with Crippen molar-refractivity contribution in [2.45, 2.75) is 32.0 Å². The van der Waals surface area contributed by atoms with Crippen LogP contribution in [-0.4, -0.2) is 37.3 Å². The number of nitrogens with one attached hydrogen (secondary N) is 2. The maximum Gasteiger partial charge on any atom is 0.387 e. The Labute approximate surface area is 198 Å². The molecule has 2 aliphatic carbocycles. The van der Waals surface area contributed by atoms with Crippen molar-refractivity contribution in [3.05, 3.63) is 65.2 Å². The lowest BCUT2D eigenvalue weighted by molar-refractivity contribution is -0.0498. The molecule has 168 valence electrons. The van der Waals surface area contributed by atoms with Crippen molar-refractivity contribution in [1.82, 2.24) is 10.6 Å². The van der Waals surface area contributed by atoms with E-state index >= 15 is 0 Å². The van der Waals surface area contributed by atoms with Gasteiger partial charge in [-0.2, -0.15) is 8.78 Å². The predicted octanol–water partition coefficient (Wildman–Crippen LogP) is 4.08. The van der Waals surface area contributed by atoms with Crippen molar-refractivity contribution in [2.75, 3.05) is 19.6 Å². The minimum absolute atomic E-state index is 0. The van der Waals surface area contributed by atoms with E-state index in [2.05, 4.69) is 44.6 Å². The summed E-state index contributed by atoms with van der Waals surface area (Å²) in [7, 11) is 0. The fourth-order valence-corrected chi connectivity index (χ4v) is 4.47. The van der Waals surface area contributed by atoms with Gasteiger partial charge in [-0.15, -0.1) is 24.0 Å². The predicted molar refractivity (Wildman–Crippen MR) is 127 cm³/mol. The second kappa shape index (κ2) is 10.6. The molecule has 1 fully saturated rings. The third-order valence-electron chi connectivity index (χ3n) is 5.96. The summed E-state index contributed by atoms with van der Waals surface area (Å²) in [5.74, 6) is 2.73. The van der Waals surface area contributed by atoms with Crippen molar-refractivity contribution < 1.29 is 18.6 Å². The molecule has 0 radical (unpaired) electrons. The first-order chi connectivity index (χ1) is 14.6. The molecule has 2 aliphatic rings. The molecule has 8 heteroatoms. The van der Waals surface area contributed by atoms with Crippen molar-refractivity contribution in [3.63, 3.8) is 0 Å². The molecule has 2 aromatic rings. The van der Waals surface area contributed by atoms with Crippen LogP contribution in [0.15, 0.2) is 53.5 Å². The number of halogens is 3. The number of rotatable bonds is 8. The van der Waals surface area contributed by atoms with Crippen LogP contribution in [0.25, 0.3) is 0 Å². The van der Waals surface area contributed by atoms with Crippen LogP contribution in [-0.2, 0) is 6.42 Å². The fraction of sp³-hybridized carbons (Fsp3) is 0.435. The number of hydrogen-bond donors (Lipinski definition) is 3. The number of fused-ring (bicyclic) bond motifs is 3. The second-order valence-electron chi connectivity index (χ2n) is 7.82. The highest BCUT2D eigenvalue weighted by atomic mass is 127. The molecule has 4 rings (SSSR count). The van der Waals surface area contributed by atoms with E-state index in [9.17, 15) is 13.9 Å². The molecule has 0 amide bonds. The molecule has 0 aromatic heterocycles. The summed E-state index contributed by atoms with van der Waals surface area (Å²) >= 11 is 0. The second-order valence-corrected chi connectivity index (χ2v) is 7.82. The molecule has 2 aromatic carbocycles. The van der Waals surface area contributed by atoms with E-state index in [-0.39, 0.29) is 36.3 Å². The van der Waals surface area contributed by atoms with Crippen LogP contribution in [0.3, 0.4) is 0 Å². The van der Waals surface area contributed by atoms with E-state index in [1.807, 2.05) is 6.92 Å². The first-order valence-electron chi connectivity index (χ1n) is 10.4. The number of alkyl halides is 2. The summed E-state index contributed by atoms with van der Waals surface area (Å²) in [5, 5.41) is 17.0. The Balaban J connectivity index is 0.00000272. The molecule has 0 bridgehead atoms. The molecule has 0 saturated heterocycles. The number of ether oxygens (including phenoxy) is 1. The van der Waals surface area contributed by atoms with Crippen LogP contribution in [0.2, 0.25) is 0 Å². The van der Waals surface area contributed by atoms with Crippen LogP contribution in [0.4, 0.5) is 8.78 Å². The first kappa shape index (κ1) is 23.7. The van der Waals surface area contributed by atoms with Gasteiger partial charge >= 0.3 is 6.61 Å². The van der Waals surface area contributed by atoms with Crippen LogP contribution in [0.1, 0.15) is 35.6 Å². The third kappa shape index (κ3) is 5.65. The monoisotopic (exact) mass is 543 g/mol. The van der Waals surface area contributed by atoms with Crippen LogP contribution in [0, 0.1) is 11.8 Å². The highest BCUT2D eigenvalue weighted by molar-refractivity contribution is 14.0. The minimum atomic E-state index is -2.86. The standard InChI is InChI=1S/C23H27F2N3O2.HI/c1-2-26-23(27-12-19-18-11-15-5-3-4-6-17(15)21(18)19)28-13-20(29)14-7-9-16(10-8-14)30-22(24)25;/h3-10,18-22,29H,2,11-13H2,1H3,(H2,26,27,28);1H. The van der Waals surface area contributed by atoms with Gasteiger partial charge in [-0.25, -0.2) is 0 Å². The number of guanidine groups is 1. The Hall–Kier alpha value is -1.94. The zero-order valence-corrected chi connectivity index (χ0v) is 19.6. The highest BCUT2D eigenvalue weighted by Gasteiger charge is 2.54. The van der Waals surface area contributed by atoms with Gasteiger partial charge in [0.15, 0.2) is 5.96 Å². The Morgan fingerprint density at radius 2 is 1.90 bits per heavy atom. The normalized spacial score (nSPS) is 22.2. The lowest BCUT2D eigenvalue weighted by Crippen LogP contribution is -2.39. The number of nitrogens with zero attached hydrogens (tertiary/aromatic N) is 1. The van der Waals surface area contributed by atoms with E-state index in [0.717, 1.165) is 25.4 Å². The maximum absolute atomic E-state index is 12.2. The van der Waals surface area contributed by atoms with Crippen molar-refractivity contribution in [3.8, 4) is 5.75 Å². The van der Waals surface area contributed by atoms with E-state index in [0.29, 0.717) is 23.4 Å². The molecule has 5 nitrogen and oxygen atoms in total. The van der Waals surface area contributed by atoms with Crippen molar-refractivity contribution in [1.29, 1.82) is 0 Å². The molecule has 3 N–H and O–H groups in total. The molecule has 4 atom stereocenters. The number of aliphatic hydroxyl groups excluding tert-OH is 1. The van der Waals surface area contributed by atoms with Crippen molar-refractivity contribution >= 4 is 29.9 Å². The summed E-state index contributed by atoms with van der Waals surface area (Å²) in [6, 6.07) is 14.7. The summed E-state index contributed by atoms with van der Waals surface area (Å²) in [6.07, 6.45) is 0.332. The van der Waals surface area contributed by atoms with Gasteiger partial charge < -0.3 is 20.5 Å². The largest absolute Gasteiger partial charge is 0.435 e. The van der Waals surface area contributed by atoms with Gasteiger partial charge in [0.25, 0.3) is 0 Å². The van der Waals surface area contributed by atoms with Gasteiger partial charge in [0.05, 0.1) is 12.6 Å². The van der Waals surface area contributed by atoms with E-state index in [1.165, 1.54) is 23.3 Å². The summed E-state index contributed by atoms with van der Waals surface area (Å²) < 4.78 is 28.8. The smallest absolute Gasteiger partial charge is 0.387 e. The van der Waals surface area contributed by atoms with Gasteiger partial charge in [-0.3, -0.25) is 4.99 Å². The van der Waals surface area contributed by atoms with E-state index in [1.54, 1.807) is 12.1 Å². The van der Waals surface area contributed by atoms with Gasteiger partial charge in [-0.05, 0) is 59.9 Å². The molecule has 0 spiro atoms. The van der Waals surface area contributed by atoms with E-state index in [4.69, 9.17) is 0 Å². The Bertz CT molecular complexity index is 895. The Morgan fingerprint density at radius 3 is 2.61 bits per heavy atom. The SMILES string of the molecule is CCNC(=NCC(O)c1ccc(OC(F)F)cc1)NCC1C2Cc3ccccc3C12.I. The lowest BCUT2D eigenvalue weighted by atomic mass is 10.0. The fourth-order valence-electron chi connectivity index (χ4n) is 4.47. The topological polar surface area (TPSA) is 65.9 Å². The summed E-state index contributed by atoms with van der Waals surface area (Å²) in [5.41, 5.74) is 3.58. The number of hydrogen-bond acceptors (Lipinski definition) is 3. The summed E-state index contributed by atoms with van der Waals surface area (Å²) in [4.78, 5) is 4.49. The maximum atomic E-state index is 12.2. The minimum Gasteiger partial charge on any atom is -0.435 e. The average Bonchev–Trinajstić information content (AvgIpc) is 3.27. The Morgan fingerprint density at radius 1 is 1.16 bits per heavy atom. The van der Waals surface area contributed by atoms with Crippen LogP contribution < -0.4 is 15.4 Å². The average molecular weight is 543 g/mol. The van der Waals surface area contributed by atoms with Gasteiger partial charge in [0.1, 0.15) is 5.75 Å². The molecule has 0 aliphatic heterocycles. The van der Waals surface area contributed by atoms with Gasteiger partial charge in [0.2, 0.25) is 0 Å². The highest BCUT2D eigenvalue weighted by Crippen LogP contribution is 2.60. The third-order valence-corrected chi connectivity index (χ3v) is 5.96. The van der Waals surface area contributed by atoms with Crippen molar-refractivity contribution in [2.24, 2.45) is 16.8 Å².